The van der Waals surface area contributed by atoms with E-state index in [1.165, 1.54) is 5.46 Å². The maximum absolute atomic E-state index is 5.49. The van der Waals surface area contributed by atoms with Crippen LogP contribution in [0.2, 0.25) is 0 Å². The smallest absolute Gasteiger partial charge is 0.298 e. The summed E-state index contributed by atoms with van der Waals surface area (Å²) < 4.78 is 0. The quantitative estimate of drug-likeness (QED) is 0.144. The highest BCUT2D eigenvalue weighted by Crippen LogP contribution is 2.46. The molecule has 0 saturated carbocycles. The van der Waals surface area contributed by atoms with Gasteiger partial charge in [-0.3, -0.25) is 9.97 Å². The van der Waals surface area contributed by atoms with Crippen LogP contribution in [-0.4, -0.2) is 16.7 Å². The van der Waals surface area contributed by atoms with Gasteiger partial charge < -0.3 is 19.6 Å². The fourth-order valence-corrected chi connectivity index (χ4v) is 8.76. The van der Waals surface area contributed by atoms with Gasteiger partial charge in [-0.1, -0.05) is 115 Å². The average molecular weight is 757 g/mol. The lowest BCUT2D eigenvalue weighted by Gasteiger charge is -2.43. The van der Waals surface area contributed by atoms with Crippen molar-refractivity contribution in [1.29, 1.82) is 0 Å². The van der Waals surface area contributed by atoms with E-state index in [2.05, 4.69) is 232 Å². The zero-order valence-corrected chi connectivity index (χ0v) is 32.1. The molecule has 2 aliphatic heterocycles. The summed E-state index contributed by atoms with van der Waals surface area (Å²) >= 11 is 0. The van der Waals surface area contributed by atoms with Gasteiger partial charge in [0.05, 0.1) is 35.1 Å². The predicted octanol–water partition coefficient (Wildman–Crippen LogP) is 11.5. The molecule has 0 atom stereocenters. The Balaban J connectivity index is 1.17. The summed E-state index contributed by atoms with van der Waals surface area (Å²) in [6, 6.07) is 74.6. The van der Waals surface area contributed by atoms with E-state index in [0.717, 1.165) is 79.4 Å². The first kappa shape index (κ1) is 34.4. The highest BCUT2D eigenvalue weighted by atomic mass is 15.2. The summed E-state index contributed by atoms with van der Waals surface area (Å²) in [5, 5.41) is 0. The van der Waals surface area contributed by atoms with Crippen LogP contribution in [0.5, 0.6) is 0 Å². The third-order valence-electron chi connectivity index (χ3n) is 11.2. The predicted molar refractivity (Wildman–Crippen MR) is 245 cm³/mol. The summed E-state index contributed by atoms with van der Waals surface area (Å²) in [5.41, 5.74) is 15.6. The number of hydrogen-bond acceptors (Lipinski definition) is 6. The highest BCUT2D eigenvalue weighted by molar-refractivity contribution is 6.99. The summed E-state index contributed by atoms with van der Waals surface area (Å²) in [4.78, 5) is 20.3. The van der Waals surface area contributed by atoms with E-state index in [1.807, 2.05) is 12.4 Å². The van der Waals surface area contributed by atoms with Crippen LogP contribution < -0.4 is 36.2 Å². The van der Waals surface area contributed by atoms with Crippen molar-refractivity contribution < 1.29 is 0 Å². The molecule has 0 aliphatic carbocycles. The van der Waals surface area contributed by atoms with Crippen LogP contribution in [0, 0.1) is 0 Å². The van der Waals surface area contributed by atoms with Crippen molar-refractivity contribution in [2.45, 2.75) is 0 Å². The number of rotatable bonds is 8. The second kappa shape index (κ2) is 14.6. The van der Waals surface area contributed by atoms with E-state index in [0.29, 0.717) is 0 Å². The molecule has 11 rings (SSSR count). The number of fused-ring (bicyclic) bond motifs is 4. The lowest BCUT2D eigenvalue weighted by atomic mass is 9.36. The van der Waals surface area contributed by atoms with Crippen LogP contribution in [0.25, 0.3) is 0 Å². The van der Waals surface area contributed by atoms with Crippen molar-refractivity contribution in [3.8, 4) is 0 Å². The van der Waals surface area contributed by atoms with Crippen molar-refractivity contribution in [2.24, 2.45) is 0 Å². The fourth-order valence-electron chi connectivity index (χ4n) is 8.76. The lowest BCUT2D eigenvalue weighted by Crippen LogP contribution is -2.63. The minimum Gasteiger partial charge on any atom is -0.310 e. The Kier molecular flexibility index (Phi) is 8.48. The van der Waals surface area contributed by atoms with E-state index < -0.39 is 0 Å². The van der Waals surface area contributed by atoms with Crippen molar-refractivity contribution in [1.82, 2.24) is 9.97 Å². The molecule has 0 saturated heterocycles. The maximum atomic E-state index is 5.49. The van der Waals surface area contributed by atoms with E-state index >= 15 is 0 Å². The van der Waals surface area contributed by atoms with Gasteiger partial charge in [-0.05, 0) is 103 Å². The number of anilines is 12. The molecule has 278 valence electrons. The second-order valence-electron chi connectivity index (χ2n) is 14.7. The van der Waals surface area contributed by atoms with Gasteiger partial charge in [-0.15, -0.1) is 0 Å². The van der Waals surface area contributed by atoms with Gasteiger partial charge in [-0.2, -0.15) is 0 Å². The molecule has 0 bridgehead atoms. The molecular formula is C52H37BN6. The van der Waals surface area contributed by atoms with Crippen LogP contribution in [0.1, 0.15) is 0 Å². The summed E-state index contributed by atoms with van der Waals surface area (Å²) in [7, 11) is 0. The number of benzene rings is 7. The molecule has 59 heavy (non-hydrogen) atoms. The normalized spacial score (nSPS) is 12.3. The third kappa shape index (κ3) is 5.91. The number of hydrogen-bond donors (Lipinski definition) is 0. The van der Waals surface area contributed by atoms with Gasteiger partial charge in [0.15, 0.2) is 0 Å². The van der Waals surface area contributed by atoms with Gasteiger partial charge in [0.25, 0.3) is 6.71 Å². The number of aromatic nitrogens is 2. The topological polar surface area (TPSA) is 38.7 Å². The van der Waals surface area contributed by atoms with Gasteiger partial charge in [0, 0.05) is 56.7 Å². The van der Waals surface area contributed by atoms with Crippen LogP contribution in [-0.2, 0) is 0 Å². The zero-order chi connectivity index (χ0) is 39.1. The van der Waals surface area contributed by atoms with E-state index in [9.17, 15) is 0 Å². The van der Waals surface area contributed by atoms with Crippen molar-refractivity contribution in [3.63, 3.8) is 0 Å². The van der Waals surface area contributed by atoms with Crippen LogP contribution in [0.15, 0.2) is 225 Å². The molecule has 7 heteroatoms. The zero-order valence-electron chi connectivity index (χ0n) is 32.1. The minimum absolute atomic E-state index is 0.238. The molecular weight excluding hydrogens is 719 g/mol. The Morgan fingerprint density at radius 1 is 0.322 bits per heavy atom. The van der Waals surface area contributed by atoms with Gasteiger partial charge in [0.2, 0.25) is 0 Å². The summed E-state index contributed by atoms with van der Waals surface area (Å²) in [6.07, 6.45) is 4.06. The first-order chi connectivity index (χ1) is 29.3. The summed E-state index contributed by atoms with van der Waals surface area (Å²) in [5.74, 6) is 0. The Morgan fingerprint density at radius 3 is 0.983 bits per heavy atom. The van der Waals surface area contributed by atoms with E-state index in [1.54, 1.807) is 0 Å². The molecule has 0 spiro atoms. The molecule has 4 heterocycles. The Morgan fingerprint density at radius 2 is 0.644 bits per heavy atom. The van der Waals surface area contributed by atoms with Crippen molar-refractivity contribution in [2.75, 3.05) is 19.6 Å². The third-order valence-corrected chi connectivity index (χ3v) is 11.2. The lowest BCUT2D eigenvalue weighted by molar-refractivity contribution is 1.18. The minimum atomic E-state index is -0.238. The average Bonchev–Trinajstić information content (AvgIpc) is 3.31. The largest absolute Gasteiger partial charge is 0.310 e. The maximum Gasteiger partial charge on any atom is 0.298 e. The molecule has 9 aromatic rings. The van der Waals surface area contributed by atoms with Crippen LogP contribution >= 0.6 is 0 Å². The standard InChI is InChI=1S/C52H37BN6/c1-7-20-38(21-8-1)56(39-22-9-2-10-23-39)44-34-48-51(54-36-44)53-50-46(58(48)42-28-15-5-16-29-42)32-19-33-47(50)59(43-30-17-6-18-31-43)49-35-45(37-55-52(49)53)57(40-24-11-3-12-25-40)41-26-13-4-14-27-41/h1-37H. The van der Waals surface area contributed by atoms with Gasteiger partial charge in [0.1, 0.15) is 0 Å². The Bertz CT molecular complexity index is 2620. The van der Waals surface area contributed by atoms with Crippen molar-refractivity contribution in [3.05, 3.63) is 225 Å². The first-order valence-electron chi connectivity index (χ1n) is 20.0. The SMILES string of the molecule is c1ccc(N(c2ccccc2)c2cnc3c(c2)N(c2ccccc2)c2cccc4c2B3c2ncc(N(c3ccccc3)c3ccccc3)cc2N4c2ccccc2)cc1. The molecule has 0 radical (unpaired) electrons. The number of para-hydroxylation sites is 6. The van der Waals surface area contributed by atoms with Crippen LogP contribution in [0.4, 0.5) is 68.2 Å². The second-order valence-corrected chi connectivity index (χ2v) is 14.7. The van der Waals surface area contributed by atoms with E-state index in [4.69, 9.17) is 9.97 Å². The molecule has 0 amide bonds. The molecule has 2 aromatic heterocycles. The van der Waals surface area contributed by atoms with E-state index in [-0.39, 0.29) is 6.71 Å². The first-order valence-corrected chi connectivity index (χ1v) is 20.0. The molecule has 6 nitrogen and oxygen atoms in total. The summed E-state index contributed by atoms with van der Waals surface area (Å²) in [6.45, 7) is -0.238. The van der Waals surface area contributed by atoms with Gasteiger partial charge in [-0.25, -0.2) is 0 Å². The highest BCUT2D eigenvalue weighted by Gasteiger charge is 2.45. The molecule has 0 N–H and O–H groups in total. The molecule has 0 fully saturated rings. The molecule has 0 unspecified atom stereocenters. The number of pyridine rings is 2. The Hall–Kier alpha value is -7.90. The van der Waals surface area contributed by atoms with Gasteiger partial charge >= 0.3 is 0 Å². The van der Waals surface area contributed by atoms with Crippen molar-refractivity contribution >= 4 is 91.6 Å². The number of nitrogens with zero attached hydrogens (tertiary/aromatic N) is 6. The monoisotopic (exact) mass is 756 g/mol. The molecule has 7 aromatic carbocycles. The molecule has 2 aliphatic rings. The van der Waals surface area contributed by atoms with Crippen LogP contribution in [0.3, 0.4) is 0 Å². The Labute approximate surface area is 344 Å². The fraction of sp³-hybridized carbons (Fsp3) is 0.